The molecular formula is C15H15ClF3N3O2S. The van der Waals surface area contributed by atoms with E-state index in [-0.39, 0.29) is 10.9 Å². The van der Waals surface area contributed by atoms with Crippen molar-refractivity contribution in [2.45, 2.75) is 18.9 Å². The van der Waals surface area contributed by atoms with Crippen LogP contribution in [0.1, 0.15) is 11.3 Å². The SMILES string of the molecule is Cc1nn(-c2ccccc2)c(Cl)c1CS(=O)CC(=O)NCC(F)(F)F. The number of nitrogens with one attached hydrogen (secondary N) is 1. The molecule has 10 heteroatoms. The van der Waals surface area contributed by atoms with Crippen LogP contribution in [-0.4, -0.2) is 38.4 Å². The van der Waals surface area contributed by atoms with Gasteiger partial charge >= 0.3 is 6.18 Å². The van der Waals surface area contributed by atoms with Gasteiger partial charge in [-0.05, 0) is 19.1 Å². The van der Waals surface area contributed by atoms with Gasteiger partial charge in [-0.15, -0.1) is 0 Å². The molecule has 0 aliphatic heterocycles. The number of hydrogen-bond donors (Lipinski definition) is 1. The van der Waals surface area contributed by atoms with Gasteiger partial charge in [-0.2, -0.15) is 18.3 Å². The van der Waals surface area contributed by atoms with Crippen molar-refractivity contribution >= 4 is 28.3 Å². The van der Waals surface area contributed by atoms with E-state index in [4.69, 9.17) is 11.6 Å². The van der Waals surface area contributed by atoms with Crippen molar-refractivity contribution in [2.24, 2.45) is 0 Å². The zero-order valence-corrected chi connectivity index (χ0v) is 14.7. The molecule has 0 fully saturated rings. The number of alkyl halides is 3. The highest BCUT2D eigenvalue weighted by Gasteiger charge is 2.28. The number of aromatic nitrogens is 2. The molecule has 1 amide bonds. The van der Waals surface area contributed by atoms with Gasteiger partial charge in [0.1, 0.15) is 17.5 Å². The standard InChI is InChI=1S/C15H15ClF3N3O2S/c1-10-12(7-25(24)8-13(23)20-9-15(17,18)19)14(16)22(21-10)11-5-3-2-4-6-11/h2-6H,7-9H2,1H3,(H,20,23). The van der Waals surface area contributed by atoms with Crippen LogP contribution in [0.4, 0.5) is 13.2 Å². The van der Waals surface area contributed by atoms with Gasteiger partial charge < -0.3 is 5.32 Å². The lowest BCUT2D eigenvalue weighted by atomic mass is 10.3. The van der Waals surface area contributed by atoms with Gasteiger partial charge in [-0.25, -0.2) is 4.68 Å². The minimum Gasteiger partial charge on any atom is -0.346 e. The van der Waals surface area contributed by atoms with Crippen molar-refractivity contribution in [3.8, 4) is 5.69 Å². The molecule has 1 atom stereocenters. The second-order valence-corrected chi connectivity index (χ2v) is 7.04. The van der Waals surface area contributed by atoms with E-state index >= 15 is 0 Å². The summed E-state index contributed by atoms with van der Waals surface area (Å²) < 4.78 is 49.7. The van der Waals surface area contributed by atoms with E-state index in [2.05, 4.69) is 5.10 Å². The highest BCUT2D eigenvalue weighted by atomic mass is 35.5. The molecule has 0 aliphatic carbocycles. The van der Waals surface area contributed by atoms with E-state index in [0.717, 1.165) is 5.69 Å². The summed E-state index contributed by atoms with van der Waals surface area (Å²) in [5, 5.41) is 6.23. The van der Waals surface area contributed by atoms with E-state index < -0.39 is 35.2 Å². The minimum absolute atomic E-state index is 0.0725. The lowest BCUT2D eigenvalue weighted by Gasteiger charge is -2.08. The molecule has 2 aromatic rings. The number of hydrogen-bond acceptors (Lipinski definition) is 3. The molecule has 1 heterocycles. The fourth-order valence-electron chi connectivity index (χ4n) is 2.04. The lowest BCUT2D eigenvalue weighted by molar-refractivity contribution is -0.136. The number of rotatable bonds is 6. The summed E-state index contributed by atoms with van der Waals surface area (Å²) in [6.07, 6.45) is -4.51. The highest BCUT2D eigenvalue weighted by Crippen LogP contribution is 2.24. The first kappa shape index (κ1) is 19.5. The molecule has 1 N–H and O–H groups in total. The number of aryl methyl sites for hydroxylation is 1. The molecule has 0 saturated carbocycles. The van der Waals surface area contributed by atoms with E-state index in [1.54, 1.807) is 24.4 Å². The molecule has 1 unspecified atom stereocenters. The van der Waals surface area contributed by atoms with Crippen LogP contribution in [0, 0.1) is 6.92 Å². The quantitative estimate of drug-likeness (QED) is 0.820. The molecule has 0 radical (unpaired) electrons. The van der Waals surface area contributed by atoms with E-state index in [9.17, 15) is 22.2 Å². The summed E-state index contributed by atoms with van der Waals surface area (Å²) in [5.74, 6) is -1.54. The molecule has 0 aliphatic rings. The molecule has 1 aromatic heterocycles. The largest absolute Gasteiger partial charge is 0.405 e. The highest BCUT2D eigenvalue weighted by molar-refractivity contribution is 7.84. The van der Waals surface area contributed by atoms with Gasteiger partial charge in [0.05, 0.1) is 17.1 Å². The van der Waals surface area contributed by atoms with Gasteiger partial charge in [0.25, 0.3) is 0 Å². The van der Waals surface area contributed by atoms with Crippen LogP contribution in [0.15, 0.2) is 30.3 Å². The van der Waals surface area contributed by atoms with Gasteiger partial charge in [0.15, 0.2) is 0 Å². The summed E-state index contributed by atoms with van der Waals surface area (Å²) in [7, 11) is -1.71. The van der Waals surface area contributed by atoms with Crippen LogP contribution in [-0.2, 0) is 21.3 Å². The van der Waals surface area contributed by atoms with Gasteiger partial charge in [0, 0.05) is 16.4 Å². The van der Waals surface area contributed by atoms with Crippen LogP contribution < -0.4 is 5.32 Å². The third kappa shape index (κ3) is 5.57. The van der Waals surface area contributed by atoms with Crippen LogP contribution in [0.3, 0.4) is 0 Å². The Kier molecular flexibility index (Phi) is 6.23. The maximum Gasteiger partial charge on any atom is 0.405 e. The van der Waals surface area contributed by atoms with Crippen LogP contribution in [0.5, 0.6) is 0 Å². The Morgan fingerprint density at radius 3 is 2.56 bits per heavy atom. The molecule has 25 heavy (non-hydrogen) atoms. The Hall–Kier alpha value is -1.87. The number of amides is 1. The Balaban J connectivity index is 2.04. The maximum absolute atomic E-state index is 12.1. The van der Waals surface area contributed by atoms with Crippen molar-refractivity contribution in [1.29, 1.82) is 0 Å². The van der Waals surface area contributed by atoms with E-state index in [1.807, 2.05) is 18.2 Å². The average Bonchev–Trinajstić information content (AvgIpc) is 2.81. The van der Waals surface area contributed by atoms with Crippen molar-refractivity contribution in [3.63, 3.8) is 0 Å². The van der Waals surface area contributed by atoms with Crippen LogP contribution in [0.25, 0.3) is 5.69 Å². The number of para-hydroxylation sites is 1. The van der Waals surface area contributed by atoms with Gasteiger partial charge in [-0.3, -0.25) is 9.00 Å². The zero-order chi connectivity index (χ0) is 18.6. The topological polar surface area (TPSA) is 64.0 Å². The molecule has 0 spiro atoms. The predicted molar refractivity (Wildman–Crippen MR) is 89.1 cm³/mol. The van der Waals surface area contributed by atoms with Crippen molar-refractivity contribution in [3.05, 3.63) is 46.7 Å². The number of halogens is 4. The summed E-state index contributed by atoms with van der Waals surface area (Å²) in [4.78, 5) is 11.4. The number of carbonyl (C=O) groups excluding carboxylic acids is 1. The average molecular weight is 394 g/mol. The summed E-state index contributed by atoms with van der Waals surface area (Å²) >= 11 is 6.28. The third-order valence-electron chi connectivity index (χ3n) is 3.21. The fourth-order valence-corrected chi connectivity index (χ4v) is 3.63. The minimum atomic E-state index is -4.51. The zero-order valence-electron chi connectivity index (χ0n) is 13.1. The second kappa shape index (κ2) is 8.01. The first-order valence-electron chi connectivity index (χ1n) is 7.15. The smallest absolute Gasteiger partial charge is 0.346 e. The summed E-state index contributed by atoms with van der Waals surface area (Å²) in [6, 6.07) is 9.05. The molecule has 0 bridgehead atoms. The lowest BCUT2D eigenvalue weighted by Crippen LogP contribution is -2.36. The first-order valence-corrected chi connectivity index (χ1v) is 9.02. The fraction of sp³-hybridized carbons (Fsp3) is 0.333. The molecule has 2 rings (SSSR count). The van der Waals surface area contributed by atoms with Gasteiger partial charge in [0.2, 0.25) is 5.91 Å². The molecule has 5 nitrogen and oxygen atoms in total. The number of benzene rings is 1. The predicted octanol–water partition coefficient (Wildman–Crippen LogP) is 2.76. The Morgan fingerprint density at radius 1 is 1.32 bits per heavy atom. The Bertz CT molecular complexity index is 778. The summed E-state index contributed by atoms with van der Waals surface area (Å²) in [5.41, 5.74) is 1.75. The Morgan fingerprint density at radius 2 is 1.96 bits per heavy atom. The summed E-state index contributed by atoms with van der Waals surface area (Å²) in [6.45, 7) is 0.232. The third-order valence-corrected chi connectivity index (χ3v) is 4.79. The van der Waals surface area contributed by atoms with Crippen LogP contribution in [0.2, 0.25) is 5.15 Å². The molecule has 136 valence electrons. The van der Waals surface area contributed by atoms with E-state index in [1.165, 1.54) is 4.68 Å². The van der Waals surface area contributed by atoms with Crippen LogP contribution >= 0.6 is 11.6 Å². The molecular weight excluding hydrogens is 379 g/mol. The Labute approximate surface area is 149 Å². The monoisotopic (exact) mass is 393 g/mol. The normalized spacial score (nSPS) is 12.8. The molecule has 1 aromatic carbocycles. The maximum atomic E-state index is 12.1. The molecule has 0 saturated heterocycles. The number of nitrogens with zero attached hydrogens (tertiary/aromatic N) is 2. The second-order valence-electron chi connectivity index (χ2n) is 5.22. The van der Waals surface area contributed by atoms with Crippen molar-refractivity contribution in [2.75, 3.05) is 12.3 Å². The van der Waals surface area contributed by atoms with E-state index in [0.29, 0.717) is 11.3 Å². The first-order chi connectivity index (χ1) is 11.7. The van der Waals surface area contributed by atoms with Gasteiger partial charge in [-0.1, -0.05) is 29.8 Å². The van der Waals surface area contributed by atoms with Crippen molar-refractivity contribution < 1.29 is 22.2 Å². The van der Waals surface area contributed by atoms with Crippen molar-refractivity contribution in [1.82, 2.24) is 15.1 Å². The number of carbonyl (C=O) groups is 1.